The molecule has 0 saturated heterocycles. The van der Waals surface area contributed by atoms with Crippen LogP contribution < -0.4 is 0 Å². The van der Waals surface area contributed by atoms with Crippen molar-refractivity contribution >= 4 is 7.85 Å². The van der Waals surface area contributed by atoms with Crippen LogP contribution in [0.5, 0.6) is 0 Å². The van der Waals surface area contributed by atoms with E-state index in [1.54, 1.807) is 5.57 Å². The van der Waals surface area contributed by atoms with Crippen LogP contribution in [0.4, 0.5) is 0 Å². The van der Waals surface area contributed by atoms with Gasteiger partial charge in [-0.05, 0) is 126 Å². The van der Waals surface area contributed by atoms with Gasteiger partial charge in [-0.2, -0.15) is 0 Å². The Kier molecular flexibility index (Phi) is 12.0. The van der Waals surface area contributed by atoms with E-state index in [1.165, 1.54) is 81.8 Å². The summed E-state index contributed by atoms with van der Waals surface area (Å²) in [4.78, 5) is 0. The van der Waals surface area contributed by atoms with Gasteiger partial charge in [0.25, 0.3) is 0 Å². The van der Waals surface area contributed by atoms with Crippen LogP contribution in [0.25, 0.3) is 0 Å². The highest BCUT2D eigenvalue weighted by Crippen LogP contribution is 2.59. The summed E-state index contributed by atoms with van der Waals surface area (Å²) in [5.74, 6) is 3.51. The van der Waals surface area contributed by atoms with Crippen LogP contribution in [0.3, 0.4) is 0 Å². The Bertz CT molecular complexity index is 730. The van der Waals surface area contributed by atoms with Crippen LogP contribution in [0, 0.1) is 35.0 Å². The maximum Gasteiger partial charge on any atom is 0.107 e. The second kappa shape index (κ2) is 13.9. The molecule has 0 spiro atoms. The molecule has 0 heterocycles. The Hall–Kier alpha value is -0.975. The number of rotatable bonds is 15. The smallest absolute Gasteiger partial charge is 0.107 e. The van der Waals surface area contributed by atoms with Gasteiger partial charge < -0.3 is 0 Å². The largest absolute Gasteiger partial charge is 0.118 e. The van der Waals surface area contributed by atoms with E-state index < -0.39 is 0 Å². The average molecular weight is 463 g/mol. The SMILES string of the molecule is [B]C1=CC(C)C(CC(CC/C(=C/C)CCC(=C)CCC/C(C)=C\C)C2(CC)CC2)CC1C(C)C. The molecule has 2 aliphatic rings. The molecular formula is C33H55B. The lowest BCUT2D eigenvalue weighted by Gasteiger charge is -2.39. The molecule has 1 heteroatoms. The molecular weight excluding hydrogens is 407 g/mol. The van der Waals surface area contributed by atoms with Crippen molar-refractivity contribution in [3.63, 3.8) is 0 Å². The molecule has 2 radical (unpaired) electrons. The fourth-order valence-corrected chi connectivity index (χ4v) is 6.46. The lowest BCUT2D eigenvalue weighted by Crippen LogP contribution is -2.29. The van der Waals surface area contributed by atoms with E-state index in [9.17, 15) is 0 Å². The van der Waals surface area contributed by atoms with Gasteiger partial charge >= 0.3 is 0 Å². The molecule has 0 N–H and O–H groups in total. The summed E-state index contributed by atoms with van der Waals surface area (Å²) in [7, 11) is 6.46. The van der Waals surface area contributed by atoms with Crippen molar-refractivity contribution in [1.29, 1.82) is 0 Å². The topological polar surface area (TPSA) is 0 Å². The monoisotopic (exact) mass is 462 g/mol. The Morgan fingerprint density at radius 1 is 1.12 bits per heavy atom. The third kappa shape index (κ3) is 8.60. The molecule has 190 valence electrons. The molecule has 0 nitrogen and oxygen atoms in total. The number of allylic oxidation sites excluding steroid dienone is 7. The maximum absolute atomic E-state index is 6.46. The molecule has 0 amide bonds. The minimum atomic E-state index is 0.576. The van der Waals surface area contributed by atoms with Gasteiger partial charge in [0.05, 0.1) is 0 Å². The first kappa shape index (κ1) is 29.3. The zero-order chi connectivity index (χ0) is 25.3. The normalized spacial score (nSPS) is 25.9. The van der Waals surface area contributed by atoms with Crippen LogP contribution in [0.2, 0.25) is 0 Å². The predicted molar refractivity (Wildman–Crippen MR) is 154 cm³/mol. The fourth-order valence-electron chi connectivity index (χ4n) is 6.46. The van der Waals surface area contributed by atoms with Crippen molar-refractivity contribution in [1.82, 2.24) is 0 Å². The second-order valence-electron chi connectivity index (χ2n) is 12.2. The van der Waals surface area contributed by atoms with Crippen LogP contribution in [0.1, 0.15) is 126 Å². The molecule has 0 aromatic heterocycles. The molecule has 2 rings (SSSR count). The lowest BCUT2D eigenvalue weighted by molar-refractivity contribution is 0.173. The molecule has 2 aliphatic carbocycles. The first-order valence-corrected chi connectivity index (χ1v) is 14.5. The minimum absolute atomic E-state index is 0.576. The van der Waals surface area contributed by atoms with Gasteiger partial charge in [-0.3, -0.25) is 0 Å². The fraction of sp³-hybridized carbons (Fsp3) is 0.758. The molecule has 1 fully saturated rings. The second-order valence-corrected chi connectivity index (χ2v) is 12.2. The molecule has 0 aliphatic heterocycles. The van der Waals surface area contributed by atoms with Crippen molar-refractivity contribution in [3.05, 3.63) is 47.0 Å². The van der Waals surface area contributed by atoms with E-state index in [2.05, 4.69) is 73.3 Å². The van der Waals surface area contributed by atoms with Gasteiger partial charge in [0, 0.05) is 0 Å². The van der Waals surface area contributed by atoms with E-state index >= 15 is 0 Å². The summed E-state index contributed by atoms with van der Waals surface area (Å²) in [5, 5.41) is 0. The summed E-state index contributed by atoms with van der Waals surface area (Å²) < 4.78 is 0. The Morgan fingerprint density at radius 3 is 2.38 bits per heavy atom. The zero-order valence-corrected chi connectivity index (χ0v) is 23.9. The number of hydrogen-bond donors (Lipinski definition) is 0. The maximum atomic E-state index is 6.46. The van der Waals surface area contributed by atoms with Crippen molar-refractivity contribution in [2.75, 3.05) is 0 Å². The lowest BCUT2D eigenvalue weighted by atomic mass is 9.63. The average Bonchev–Trinajstić information content (AvgIpc) is 3.60. The van der Waals surface area contributed by atoms with Gasteiger partial charge in [0.15, 0.2) is 0 Å². The van der Waals surface area contributed by atoms with Crippen LogP contribution in [-0.4, -0.2) is 7.85 Å². The van der Waals surface area contributed by atoms with Gasteiger partial charge in [-0.15, -0.1) is 5.47 Å². The van der Waals surface area contributed by atoms with Gasteiger partial charge in [-0.1, -0.05) is 75.6 Å². The molecule has 4 unspecified atom stereocenters. The van der Waals surface area contributed by atoms with E-state index in [-0.39, 0.29) is 0 Å². The van der Waals surface area contributed by atoms with E-state index in [0.29, 0.717) is 23.2 Å². The van der Waals surface area contributed by atoms with Crippen molar-refractivity contribution in [2.45, 2.75) is 126 Å². The third-order valence-electron chi connectivity index (χ3n) is 9.65. The summed E-state index contributed by atoms with van der Waals surface area (Å²) in [6, 6.07) is 0. The predicted octanol–water partition coefficient (Wildman–Crippen LogP) is 10.4. The standard InChI is InChI=1S/C33H55B/c1-9-25(6)13-12-14-26(7)15-16-28(10-2)17-18-30(33(11-3)19-20-33)22-29-23-31(24(4)5)32(34)21-27(29)8/h9-10,21,24,27,29-31H,7,11-20,22-23H2,1-6,8H3/b25-9-,28-10+. The quantitative estimate of drug-likeness (QED) is 0.168. The molecule has 0 aromatic carbocycles. The van der Waals surface area contributed by atoms with Gasteiger partial charge in [0.2, 0.25) is 0 Å². The molecule has 34 heavy (non-hydrogen) atoms. The Balaban J connectivity index is 1.92. The van der Waals surface area contributed by atoms with Gasteiger partial charge in [0.1, 0.15) is 7.85 Å². The van der Waals surface area contributed by atoms with Crippen LogP contribution in [0.15, 0.2) is 47.0 Å². The van der Waals surface area contributed by atoms with Gasteiger partial charge in [-0.25, -0.2) is 0 Å². The number of hydrogen-bond acceptors (Lipinski definition) is 0. The molecule has 0 bridgehead atoms. The van der Waals surface area contributed by atoms with Crippen molar-refractivity contribution in [2.24, 2.45) is 35.0 Å². The first-order chi connectivity index (χ1) is 16.2. The van der Waals surface area contributed by atoms with E-state index in [4.69, 9.17) is 7.85 Å². The Labute approximate surface area is 215 Å². The highest BCUT2D eigenvalue weighted by molar-refractivity contribution is 6.22. The Morgan fingerprint density at radius 2 is 1.82 bits per heavy atom. The summed E-state index contributed by atoms with van der Waals surface area (Å²) in [5.41, 5.74) is 6.38. The first-order valence-electron chi connectivity index (χ1n) is 14.5. The molecule has 1 saturated carbocycles. The highest BCUT2D eigenvalue weighted by Gasteiger charge is 2.48. The van der Waals surface area contributed by atoms with Crippen molar-refractivity contribution < 1.29 is 0 Å². The molecule has 0 aromatic rings. The van der Waals surface area contributed by atoms with Crippen LogP contribution >= 0.6 is 0 Å². The van der Waals surface area contributed by atoms with Crippen LogP contribution in [-0.2, 0) is 0 Å². The van der Waals surface area contributed by atoms with E-state index in [1.807, 2.05) is 0 Å². The summed E-state index contributed by atoms with van der Waals surface area (Å²) in [6.07, 6.45) is 22.7. The highest BCUT2D eigenvalue weighted by atomic mass is 14.5. The van der Waals surface area contributed by atoms with Crippen molar-refractivity contribution in [3.8, 4) is 0 Å². The molecule has 4 atom stereocenters. The minimum Gasteiger partial charge on any atom is -0.118 e. The summed E-state index contributed by atoms with van der Waals surface area (Å²) in [6.45, 7) is 20.6. The third-order valence-corrected chi connectivity index (χ3v) is 9.65. The zero-order valence-electron chi connectivity index (χ0n) is 23.9. The van der Waals surface area contributed by atoms with E-state index in [0.717, 1.165) is 23.7 Å². The summed E-state index contributed by atoms with van der Waals surface area (Å²) >= 11 is 0.